The molecule has 1 saturated heterocycles. The second-order valence-electron chi connectivity index (χ2n) is 3.59. The van der Waals surface area contributed by atoms with Crippen LogP contribution in [0, 0.1) is 0 Å². The van der Waals surface area contributed by atoms with Crippen LogP contribution < -0.4 is 0 Å². The summed E-state index contributed by atoms with van der Waals surface area (Å²) >= 11 is 0. The average Bonchev–Trinajstić information content (AvgIpc) is 2.05. The Morgan fingerprint density at radius 3 is 2.64 bits per heavy atom. The van der Waals surface area contributed by atoms with E-state index in [2.05, 4.69) is 18.9 Å². The lowest BCUT2D eigenvalue weighted by Gasteiger charge is -2.42. The quantitative estimate of drug-likeness (QED) is 0.609. The lowest BCUT2D eigenvalue weighted by atomic mass is 9.88. The average molecular weight is 157 g/mol. The van der Waals surface area contributed by atoms with Crippen LogP contribution in [-0.4, -0.2) is 24.3 Å². The maximum Gasteiger partial charge on any atom is 0.0575 e. The van der Waals surface area contributed by atoms with Crippen molar-refractivity contribution in [3.05, 3.63) is 0 Å². The van der Waals surface area contributed by atoms with Crippen LogP contribution >= 0.6 is 0 Å². The smallest absolute Gasteiger partial charge is 0.0575 e. The van der Waals surface area contributed by atoms with Gasteiger partial charge in [0.1, 0.15) is 0 Å². The zero-order valence-corrected chi connectivity index (χ0v) is 7.89. The minimum absolute atomic E-state index is 0.299. The minimum Gasteiger partial charge on any atom is -0.302 e. The van der Waals surface area contributed by atoms with Gasteiger partial charge in [-0.1, -0.05) is 13.3 Å². The summed E-state index contributed by atoms with van der Waals surface area (Å²) in [5.41, 5.74) is 0.299. The number of hydrogen-bond acceptors (Lipinski definition) is 2. The fourth-order valence-electron chi connectivity index (χ4n) is 1.82. The van der Waals surface area contributed by atoms with E-state index in [4.69, 9.17) is 4.84 Å². The normalized spacial score (nSPS) is 34.1. The monoisotopic (exact) mass is 157 g/mol. The molecule has 0 saturated carbocycles. The van der Waals surface area contributed by atoms with Crippen LogP contribution in [0.4, 0.5) is 0 Å². The molecule has 0 bridgehead atoms. The molecule has 66 valence electrons. The summed E-state index contributed by atoms with van der Waals surface area (Å²) in [6, 6.07) is 0. The van der Waals surface area contributed by atoms with Crippen LogP contribution in [-0.2, 0) is 4.84 Å². The van der Waals surface area contributed by atoms with Gasteiger partial charge in [-0.25, -0.2) is 0 Å². The van der Waals surface area contributed by atoms with Gasteiger partial charge in [-0.05, 0) is 26.2 Å². The van der Waals surface area contributed by atoms with Gasteiger partial charge < -0.3 is 4.84 Å². The Morgan fingerprint density at radius 1 is 1.45 bits per heavy atom. The molecule has 1 aliphatic rings. The van der Waals surface area contributed by atoms with Gasteiger partial charge in [-0.15, -0.1) is 0 Å². The summed E-state index contributed by atoms with van der Waals surface area (Å²) in [7, 11) is 1.78. The molecule has 0 aromatic carbocycles. The number of hydrogen-bond donors (Lipinski definition) is 0. The lowest BCUT2D eigenvalue weighted by Crippen LogP contribution is -2.48. The van der Waals surface area contributed by atoms with E-state index in [9.17, 15) is 0 Å². The van der Waals surface area contributed by atoms with E-state index in [0.717, 1.165) is 6.54 Å². The van der Waals surface area contributed by atoms with Crippen LogP contribution in [0.25, 0.3) is 0 Å². The lowest BCUT2D eigenvalue weighted by molar-refractivity contribution is -0.212. The maximum absolute atomic E-state index is 5.33. The summed E-state index contributed by atoms with van der Waals surface area (Å²) in [4.78, 5) is 5.33. The highest BCUT2D eigenvalue weighted by atomic mass is 16.7. The van der Waals surface area contributed by atoms with Crippen molar-refractivity contribution in [2.75, 3.05) is 13.7 Å². The molecule has 1 atom stereocenters. The molecule has 0 amide bonds. The largest absolute Gasteiger partial charge is 0.302 e. The Hall–Kier alpha value is -0.0800. The Bertz CT molecular complexity index is 127. The highest BCUT2D eigenvalue weighted by Crippen LogP contribution is 2.30. The molecular formula is C9H19NO. The topological polar surface area (TPSA) is 12.5 Å². The van der Waals surface area contributed by atoms with E-state index in [1.807, 2.05) is 0 Å². The first-order valence-electron chi connectivity index (χ1n) is 4.54. The van der Waals surface area contributed by atoms with Gasteiger partial charge in [0, 0.05) is 12.1 Å². The summed E-state index contributed by atoms with van der Waals surface area (Å²) in [5, 5.41) is 2.14. The van der Waals surface area contributed by atoms with E-state index in [0.29, 0.717) is 5.54 Å². The van der Waals surface area contributed by atoms with Crippen LogP contribution in [0.1, 0.15) is 39.5 Å². The number of nitrogens with zero attached hydrogens (tertiary/aromatic N) is 1. The third-order valence-electron chi connectivity index (χ3n) is 2.91. The molecule has 2 heteroatoms. The Morgan fingerprint density at radius 2 is 2.18 bits per heavy atom. The van der Waals surface area contributed by atoms with E-state index in [1.165, 1.54) is 25.7 Å². The second-order valence-corrected chi connectivity index (χ2v) is 3.59. The molecule has 0 radical (unpaired) electrons. The third kappa shape index (κ3) is 1.74. The summed E-state index contributed by atoms with van der Waals surface area (Å²) in [6.45, 7) is 5.62. The number of hydroxylamine groups is 2. The van der Waals surface area contributed by atoms with E-state index in [-0.39, 0.29) is 0 Å². The molecule has 1 unspecified atom stereocenters. The standard InChI is InChI=1S/C9H19NO/c1-4-9(2)7-5-6-8-10(9)11-3/h4-8H2,1-3H3. The van der Waals surface area contributed by atoms with Crippen molar-refractivity contribution in [1.82, 2.24) is 5.06 Å². The molecule has 11 heavy (non-hydrogen) atoms. The summed E-state index contributed by atoms with van der Waals surface area (Å²) in [5.74, 6) is 0. The van der Waals surface area contributed by atoms with Crippen molar-refractivity contribution in [3.63, 3.8) is 0 Å². The van der Waals surface area contributed by atoms with Crippen molar-refractivity contribution in [2.45, 2.75) is 45.1 Å². The molecule has 0 spiro atoms. The van der Waals surface area contributed by atoms with Gasteiger partial charge in [0.05, 0.1) is 7.11 Å². The van der Waals surface area contributed by atoms with E-state index >= 15 is 0 Å². The Labute approximate surface area is 69.5 Å². The van der Waals surface area contributed by atoms with Crippen molar-refractivity contribution in [2.24, 2.45) is 0 Å². The molecule has 2 nitrogen and oxygen atoms in total. The SMILES string of the molecule is CCC1(C)CCCCN1OC. The first-order chi connectivity index (χ1) is 5.23. The zero-order chi connectivity index (χ0) is 8.32. The van der Waals surface area contributed by atoms with Gasteiger partial charge >= 0.3 is 0 Å². The fraction of sp³-hybridized carbons (Fsp3) is 1.00. The van der Waals surface area contributed by atoms with Crippen LogP contribution in [0.2, 0.25) is 0 Å². The molecular weight excluding hydrogens is 138 g/mol. The second kappa shape index (κ2) is 3.55. The first kappa shape index (κ1) is 9.01. The molecule has 0 aliphatic carbocycles. The fourth-order valence-corrected chi connectivity index (χ4v) is 1.82. The van der Waals surface area contributed by atoms with Crippen molar-refractivity contribution < 1.29 is 4.84 Å². The van der Waals surface area contributed by atoms with Gasteiger partial charge in [0.15, 0.2) is 0 Å². The first-order valence-corrected chi connectivity index (χ1v) is 4.54. The molecule has 0 aromatic rings. The van der Waals surface area contributed by atoms with Crippen molar-refractivity contribution in [3.8, 4) is 0 Å². The third-order valence-corrected chi connectivity index (χ3v) is 2.91. The van der Waals surface area contributed by atoms with Crippen LogP contribution in [0.5, 0.6) is 0 Å². The van der Waals surface area contributed by atoms with Gasteiger partial charge in [-0.2, -0.15) is 5.06 Å². The highest BCUT2D eigenvalue weighted by Gasteiger charge is 2.32. The van der Waals surface area contributed by atoms with Crippen LogP contribution in [0.3, 0.4) is 0 Å². The van der Waals surface area contributed by atoms with Gasteiger partial charge in [0.2, 0.25) is 0 Å². The number of piperidine rings is 1. The van der Waals surface area contributed by atoms with Crippen molar-refractivity contribution in [1.29, 1.82) is 0 Å². The molecule has 1 aliphatic heterocycles. The molecule has 1 rings (SSSR count). The van der Waals surface area contributed by atoms with Crippen molar-refractivity contribution >= 4 is 0 Å². The molecule has 0 N–H and O–H groups in total. The van der Waals surface area contributed by atoms with Gasteiger partial charge in [-0.3, -0.25) is 0 Å². The summed E-state index contributed by atoms with van der Waals surface area (Å²) < 4.78 is 0. The zero-order valence-electron chi connectivity index (χ0n) is 7.89. The summed E-state index contributed by atoms with van der Waals surface area (Å²) in [6.07, 6.45) is 5.09. The molecule has 0 aromatic heterocycles. The molecule has 1 fully saturated rings. The minimum atomic E-state index is 0.299. The predicted molar refractivity (Wildman–Crippen MR) is 46.3 cm³/mol. The Kier molecular flexibility index (Phi) is 2.90. The van der Waals surface area contributed by atoms with E-state index in [1.54, 1.807) is 7.11 Å². The molecule has 1 heterocycles. The Balaban J connectivity index is 2.57. The van der Waals surface area contributed by atoms with Crippen LogP contribution in [0.15, 0.2) is 0 Å². The highest BCUT2D eigenvalue weighted by molar-refractivity contribution is 4.84. The van der Waals surface area contributed by atoms with E-state index < -0.39 is 0 Å². The van der Waals surface area contributed by atoms with Gasteiger partial charge in [0.25, 0.3) is 0 Å². The maximum atomic E-state index is 5.33. The predicted octanol–water partition coefficient (Wildman–Crippen LogP) is 2.20. The number of rotatable bonds is 2.